The molecule has 1 aromatic carbocycles. The first-order valence-corrected chi connectivity index (χ1v) is 8.29. The van der Waals surface area contributed by atoms with Crippen molar-refractivity contribution in [1.82, 2.24) is 10.2 Å². The molecular weight excluding hydrogens is 324 g/mol. The molecule has 0 atom stereocenters. The molecule has 1 aromatic rings. The maximum atomic E-state index is 12.5. The van der Waals surface area contributed by atoms with Crippen LogP contribution < -0.4 is 10.1 Å². The number of hydrogen-bond donors (Lipinski definition) is 2. The van der Waals surface area contributed by atoms with Crippen LogP contribution in [-0.4, -0.2) is 55.0 Å². The van der Waals surface area contributed by atoms with Crippen molar-refractivity contribution in [2.24, 2.45) is 5.41 Å². The Balaban J connectivity index is 2.02. The van der Waals surface area contributed by atoms with Gasteiger partial charge >= 0.3 is 5.97 Å². The van der Waals surface area contributed by atoms with Crippen LogP contribution >= 0.6 is 0 Å². The topological polar surface area (TPSA) is 95.9 Å². The molecule has 0 spiro atoms. The van der Waals surface area contributed by atoms with Gasteiger partial charge in [-0.15, -0.1) is 0 Å². The summed E-state index contributed by atoms with van der Waals surface area (Å²) < 4.78 is 5.09. The number of amides is 2. The van der Waals surface area contributed by atoms with Crippen molar-refractivity contribution >= 4 is 17.8 Å². The highest BCUT2D eigenvalue weighted by Gasteiger charge is 2.42. The molecule has 7 heteroatoms. The van der Waals surface area contributed by atoms with Crippen LogP contribution in [0.5, 0.6) is 5.75 Å². The summed E-state index contributed by atoms with van der Waals surface area (Å²) in [4.78, 5) is 37.1. The van der Waals surface area contributed by atoms with Gasteiger partial charge in [0.1, 0.15) is 5.75 Å². The maximum absolute atomic E-state index is 12.5. The average molecular weight is 348 g/mol. The number of aliphatic carboxylic acids is 1. The first-order chi connectivity index (χ1) is 11.8. The Morgan fingerprint density at radius 2 is 1.92 bits per heavy atom. The largest absolute Gasteiger partial charge is 0.482 e. The van der Waals surface area contributed by atoms with Gasteiger partial charge < -0.3 is 20.1 Å². The Morgan fingerprint density at radius 3 is 2.52 bits per heavy atom. The van der Waals surface area contributed by atoms with E-state index in [0.29, 0.717) is 17.9 Å². The second-order valence-corrected chi connectivity index (χ2v) is 6.58. The second-order valence-electron chi connectivity index (χ2n) is 6.58. The SMILES string of the molecule is CN(C)C(=O)C1(CNC(=O)c2cccc(OCC(=O)O)c2)CCCC1. The Bertz CT molecular complexity index is 651. The summed E-state index contributed by atoms with van der Waals surface area (Å²) in [5.74, 6) is -1.03. The van der Waals surface area contributed by atoms with Crippen LogP contribution in [0.4, 0.5) is 0 Å². The van der Waals surface area contributed by atoms with E-state index in [1.165, 1.54) is 6.07 Å². The predicted octanol–water partition coefficient (Wildman–Crippen LogP) is 1.53. The lowest BCUT2D eigenvalue weighted by Gasteiger charge is -2.30. The number of ether oxygens (including phenoxy) is 1. The van der Waals surface area contributed by atoms with E-state index in [0.717, 1.165) is 25.7 Å². The Hall–Kier alpha value is -2.57. The first-order valence-electron chi connectivity index (χ1n) is 8.29. The summed E-state index contributed by atoms with van der Waals surface area (Å²) in [6.07, 6.45) is 3.50. The molecule has 1 fully saturated rings. The Kier molecular flexibility index (Phi) is 6.01. The van der Waals surface area contributed by atoms with Crippen LogP contribution in [0.2, 0.25) is 0 Å². The number of nitrogens with zero attached hydrogens (tertiary/aromatic N) is 1. The minimum atomic E-state index is -1.08. The van der Waals surface area contributed by atoms with E-state index in [2.05, 4.69) is 5.32 Å². The summed E-state index contributed by atoms with van der Waals surface area (Å²) in [7, 11) is 3.46. The van der Waals surface area contributed by atoms with E-state index >= 15 is 0 Å². The van der Waals surface area contributed by atoms with Crippen LogP contribution in [-0.2, 0) is 9.59 Å². The fourth-order valence-corrected chi connectivity index (χ4v) is 3.22. The van der Waals surface area contributed by atoms with Crippen molar-refractivity contribution in [3.63, 3.8) is 0 Å². The van der Waals surface area contributed by atoms with E-state index in [1.54, 1.807) is 37.2 Å². The highest BCUT2D eigenvalue weighted by Crippen LogP contribution is 2.39. The maximum Gasteiger partial charge on any atom is 0.341 e. The van der Waals surface area contributed by atoms with Crippen molar-refractivity contribution < 1.29 is 24.2 Å². The summed E-state index contributed by atoms with van der Waals surface area (Å²) in [5, 5.41) is 11.5. The lowest BCUT2D eigenvalue weighted by atomic mass is 9.84. The van der Waals surface area contributed by atoms with Crippen molar-refractivity contribution in [3.8, 4) is 5.75 Å². The van der Waals surface area contributed by atoms with Gasteiger partial charge in [0.15, 0.2) is 6.61 Å². The zero-order valence-corrected chi connectivity index (χ0v) is 14.6. The first kappa shape index (κ1) is 18.8. The second kappa shape index (κ2) is 8.00. The lowest BCUT2D eigenvalue weighted by molar-refractivity contribution is -0.139. The number of benzene rings is 1. The molecule has 0 bridgehead atoms. The fraction of sp³-hybridized carbons (Fsp3) is 0.500. The molecule has 0 heterocycles. The molecule has 2 N–H and O–H groups in total. The molecule has 2 amide bonds. The van der Waals surface area contributed by atoms with E-state index in [9.17, 15) is 14.4 Å². The lowest BCUT2D eigenvalue weighted by Crippen LogP contribution is -2.46. The fourth-order valence-electron chi connectivity index (χ4n) is 3.22. The third-order valence-electron chi connectivity index (χ3n) is 4.47. The summed E-state index contributed by atoms with van der Waals surface area (Å²) in [5.41, 5.74) is -0.162. The monoisotopic (exact) mass is 348 g/mol. The van der Waals surface area contributed by atoms with Gasteiger partial charge in [-0.25, -0.2) is 4.79 Å². The third kappa shape index (κ3) is 4.71. The zero-order chi connectivity index (χ0) is 18.4. The molecule has 2 rings (SSSR count). The molecule has 0 unspecified atom stereocenters. The van der Waals surface area contributed by atoms with E-state index < -0.39 is 18.0 Å². The number of carbonyl (C=O) groups excluding carboxylic acids is 2. The molecule has 0 saturated heterocycles. The van der Waals surface area contributed by atoms with Crippen molar-refractivity contribution in [2.45, 2.75) is 25.7 Å². The number of carboxylic acid groups (broad SMARTS) is 1. The number of carboxylic acids is 1. The van der Waals surface area contributed by atoms with Crippen molar-refractivity contribution in [1.29, 1.82) is 0 Å². The number of rotatable bonds is 7. The van der Waals surface area contributed by atoms with Gasteiger partial charge in [0, 0.05) is 26.2 Å². The zero-order valence-electron chi connectivity index (χ0n) is 14.6. The van der Waals surface area contributed by atoms with Gasteiger partial charge in [0.2, 0.25) is 5.91 Å². The average Bonchev–Trinajstić information content (AvgIpc) is 3.07. The van der Waals surface area contributed by atoms with Crippen LogP contribution in [0.3, 0.4) is 0 Å². The van der Waals surface area contributed by atoms with E-state index in [-0.39, 0.29) is 11.8 Å². The molecule has 25 heavy (non-hydrogen) atoms. The Labute approximate surface area is 147 Å². The van der Waals surface area contributed by atoms with Gasteiger partial charge in [-0.05, 0) is 31.0 Å². The summed E-state index contributed by atoms with van der Waals surface area (Å²) in [6, 6.07) is 6.33. The van der Waals surface area contributed by atoms with Gasteiger partial charge in [-0.1, -0.05) is 18.9 Å². The minimum absolute atomic E-state index is 0.0452. The molecule has 1 aliphatic carbocycles. The van der Waals surface area contributed by atoms with Crippen LogP contribution in [0.1, 0.15) is 36.0 Å². The van der Waals surface area contributed by atoms with E-state index in [1.807, 2.05) is 0 Å². The molecule has 1 saturated carbocycles. The van der Waals surface area contributed by atoms with Crippen LogP contribution in [0.15, 0.2) is 24.3 Å². The summed E-state index contributed by atoms with van der Waals surface area (Å²) >= 11 is 0. The van der Waals surface area contributed by atoms with E-state index in [4.69, 9.17) is 9.84 Å². The highest BCUT2D eigenvalue weighted by molar-refractivity contribution is 5.95. The Morgan fingerprint density at radius 1 is 1.24 bits per heavy atom. The molecule has 0 aliphatic heterocycles. The predicted molar refractivity (Wildman–Crippen MR) is 91.5 cm³/mol. The van der Waals surface area contributed by atoms with Gasteiger partial charge in [0.25, 0.3) is 5.91 Å². The number of carbonyl (C=O) groups is 3. The van der Waals surface area contributed by atoms with Gasteiger partial charge in [0.05, 0.1) is 5.41 Å². The van der Waals surface area contributed by atoms with Crippen LogP contribution in [0, 0.1) is 5.41 Å². The molecule has 0 radical (unpaired) electrons. The highest BCUT2D eigenvalue weighted by atomic mass is 16.5. The molecular formula is C18H24N2O5. The third-order valence-corrected chi connectivity index (χ3v) is 4.47. The molecule has 136 valence electrons. The molecule has 0 aromatic heterocycles. The van der Waals surface area contributed by atoms with Gasteiger partial charge in [-0.3, -0.25) is 9.59 Å². The minimum Gasteiger partial charge on any atom is -0.482 e. The molecule has 1 aliphatic rings. The number of nitrogens with one attached hydrogen (secondary N) is 1. The standard InChI is InChI=1S/C18H24N2O5/c1-20(2)17(24)18(8-3-4-9-18)12-19-16(23)13-6-5-7-14(10-13)25-11-15(21)22/h5-7,10H,3-4,8-9,11-12H2,1-2H3,(H,19,23)(H,21,22). The van der Waals surface area contributed by atoms with Gasteiger partial charge in [-0.2, -0.15) is 0 Å². The normalized spacial score (nSPS) is 15.4. The number of hydrogen-bond acceptors (Lipinski definition) is 4. The summed E-state index contributed by atoms with van der Waals surface area (Å²) in [6.45, 7) is -0.172. The van der Waals surface area contributed by atoms with Crippen LogP contribution in [0.25, 0.3) is 0 Å². The van der Waals surface area contributed by atoms with Crippen molar-refractivity contribution in [2.75, 3.05) is 27.2 Å². The van der Waals surface area contributed by atoms with Crippen molar-refractivity contribution in [3.05, 3.63) is 29.8 Å². The smallest absolute Gasteiger partial charge is 0.341 e. The molecule has 7 nitrogen and oxygen atoms in total. The quantitative estimate of drug-likeness (QED) is 0.779.